The van der Waals surface area contributed by atoms with Crippen LogP contribution in [-0.2, 0) is 0 Å². The van der Waals surface area contributed by atoms with Gasteiger partial charge in [0.1, 0.15) is 5.82 Å². The van der Waals surface area contributed by atoms with Crippen LogP contribution in [0.1, 0.15) is 11.3 Å². The van der Waals surface area contributed by atoms with E-state index in [0.717, 1.165) is 15.9 Å². The fourth-order valence-corrected chi connectivity index (χ4v) is 2.19. The molecule has 0 spiro atoms. The van der Waals surface area contributed by atoms with E-state index in [2.05, 4.69) is 40.1 Å². The van der Waals surface area contributed by atoms with Gasteiger partial charge in [-0.2, -0.15) is 5.10 Å². The van der Waals surface area contributed by atoms with Crippen LogP contribution in [0, 0.1) is 13.8 Å². The smallest absolute Gasteiger partial charge is 0.146 e. The van der Waals surface area contributed by atoms with Crippen molar-refractivity contribution in [2.45, 2.75) is 13.8 Å². The zero-order valence-electron chi connectivity index (χ0n) is 8.66. The summed E-state index contributed by atoms with van der Waals surface area (Å²) in [5.74, 6) is 0.542. The Bertz CT molecular complexity index is 503. The van der Waals surface area contributed by atoms with Crippen LogP contribution in [0.3, 0.4) is 0 Å². The molecule has 1 aromatic heterocycles. The summed E-state index contributed by atoms with van der Waals surface area (Å²) < 4.78 is 2.85. The van der Waals surface area contributed by atoms with Crippen LogP contribution in [-0.4, -0.2) is 9.78 Å². The van der Waals surface area contributed by atoms with Crippen molar-refractivity contribution in [3.05, 3.63) is 40.0 Å². The lowest BCUT2D eigenvalue weighted by atomic mass is 10.2. The van der Waals surface area contributed by atoms with E-state index in [4.69, 9.17) is 5.73 Å². The number of aromatic nitrogens is 2. The molecule has 0 saturated carbocycles. The summed E-state index contributed by atoms with van der Waals surface area (Å²) in [6.07, 6.45) is 0. The molecule has 0 saturated heterocycles. The normalized spacial score (nSPS) is 10.6. The maximum atomic E-state index is 5.65. The molecule has 0 amide bonds. The number of anilines is 1. The number of halogens is 1. The van der Waals surface area contributed by atoms with Crippen LogP contribution in [0.4, 0.5) is 5.82 Å². The van der Waals surface area contributed by atoms with E-state index >= 15 is 0 Å². The third-order valence-corrected chi connectivity index (χ3v) is 2.87. The summed E-state index contributed by atoms with van der Waals surface area (Å²) in [5, 5.41) is 4.24. The van der Waals surface area contributed by atoms with Crippen LogP contribution in [0.2, 0.25) is 0 Å². The van der Waals surface area contributed by atoms with Crippen LogP contribution in [0.15, 0.2) is 28.7 Å². The fourth-order valence-electron chi connectivity index (χ4n) is 1.53. The minimum Gasteiger partial charge on any atom is -0.382 e. The minimum absolute atomic E-state index is 0.542. The van der Waals surface area contributed by atoms with Gasteiger partial charge in [0.25, 0.3) is 0 Å². The molecule has 78 valence electrons. The van der Waals surface area contributed by atoms with Gasteiger partial charge >= 0.3 is 0 Å². The molecule has 2 aromatic rings. The second-order valence-electron chi connectivity index (χ2n) is 3.58. The molecule has 0 aliphatic carbocycles. The van der Waals surface area contributed by atoms with Gasteiger partial charge in [-0.25, -0.2) is 4.68 Å². The summed E-state index contributed by atoms with van der Waals surface area (Å²) >= 11 is 3.53. The lowest BCUT2D eigenvalue weighted by Gasteiger charge is -2.07. The zero-order valence-corrected chi connectivity index (χ0v) is 10.2. The third kappa shape index (κ3) is 1.90. The van der Waals surface area contributed by atoms with E-state index in [1.165, 1.54) is 5.56 Å². The zero-order chi connectivity index (χ0) is 11.0. The van der Waals surface area contributed by atoms with Crippen molar-refractivity contribution in [2.24, 2.45) is 0 Å². The predicted octanol–water partition coefficient (Wildman–Crippen LogP) is 2.83. The lowest BCUT2D eigenvalue weighted by molar-refractivity contribution is 0.847. The van der Waals surface area contributed by atoms with E-state index in [9.17, 15) is 0 Å². The first-order valence-corrected chi connectivity index (χ1v) is 5.46. The maximum Gasteiger partial charge on any atom is 0.146 e. The van der Waals surface area contributed by atoms with Crippen molar-refractivity contribution in [1.29, 1.82) is 0 Å². The van der Waals surface area contributed by atoms with Crippen LogP contribution < -0.4 is 5.73 Å². The van der Waals surface area contributed by atoms with Crippen molar-refractivity contribution >= 4 is 21.7 Å². The van der Waals surface area contributed by atoms with Crippen molar-refractivity contribution < 1.29 is 0 Å². The van der Waals surface area contributed by atoms with E-state index in [1.54, 1.807) is 0 Å². The number of aryl methyl sites for hydroxylation is 2. The predicted molar refractivity (Wildman–Crippen MR) is 65.2 cm³/mol. The third-order valence-electron chi connectivity index (χ3n) is 2.24. The Hall–Kier alpha value is -1.29. The molecule has 1 aromatic carbocycles. The molecule has 2 rings (SSSR count). The first-order valence-electron chi connectivity index (χ1n) is 4.66. The first kappa shape index (κ1) is 10.2. The molecule has 2 N–H and O–H groups in total. The van der Waals surface area contributed by atoms with Crippen LogP contribution >= 0.6 is 15.9 Å². The highest BCUT2D eigenvalue weighted by atomic mass is 79.9. The summed E-state index contributed by atoms with van der Waals surface area (Å²) in [6.45, 7) is 4.04. The molecule has 4 heteroatoms. The van der Waals surface area contributed by atoms with Crippen molar-refractivity contribution in [1.82, 2.24) is 9.78 Å². The van der Waals surface area contributed by atoms with Crippen LogP contribution in [0.25, 0.3) is 5.69 Å². The van der Waals surface area contributed by atoms with Gasteiger partial charge in [0.2, 0.25) is 0 Å². The lowest BCUT2D eigenvalue weighted by Crippen LogP contribution is -2.00. The number of hydrogen-bond acceptors (Lipinski definition) is 2. The Morgan fingerprint density at radius 3 is 2.53 bits per heavy atom. The van der Waals surface area contributed by atoms with E-state index < -0.39 is 0 Å². The fraction of sp³-hybridized carbons (Fsp3) is 0.182. The molecule has 3 nitrogen and oxygen atoms in total. The Morgan fingerprint density at radius 1 is 1.27 bits per heavy atom. The van der Waals surface area contributed by atoms with Crippen molar-refractivity contribution in [3.63, 3.8) is 0 Å². The number of benzene rings is 1. The SMILES string of the molecule is Cc1ccc(-n2nc(N)cc2C)c(Br)c1. The van der Waals surface area contributed by atoms with Gasteiger partial charge in [0.05, 0.1) is 5.69 Å². The number of hydrogen-bond donors (Lipinski definition) is 1. The molecule has 0 unspecified atom stereocenters. The monoisotopic (exact) mass is 265 g/mol. The Balaban J connectivity index is 2.59. The average Bonchev–Trinajstić information content (AvgIpc) is 2.45. The van der Waals surface area contributed by atoms with Gasteiger partial charge in [-0.1, -0.05) is 6.07 Å². The highest BCUT2D eigenvalue weighted by Crippen LogP contribution is 2.23. The Labute approximate surface area is 97.0 Å². The summed E-state index contributed by atoms with van der Waals surface area (Å²) in [7, 11) is 0. The molecule has 0 radical (unpaired) electrons. The molecule has 0 aliphatic rings. The highest BCUT2D eigenvalue weighted by Gasteiger charge is 2.07. The topological polar surface area (TPSA) is 43.8 Å². The molecule has 1 heterocycles. The number of rotatable bonds is 1. The molecular weight excluding hydrogens is 254 g/mol. The summed E-state index contributed by atoms with van der Waals surface area (Å²) in [5.41, 5.74) is 8.90. The largest absolute Gasteiger partial charge is 0.382 e. The average molecular weight is 266 g/mol. The number of nitrogen functional groups attached to an aromatic ring is 1. The summed E-state index contributed by atoms with van der Waals surface area (Å²) in [6, 6.07) is 8.00. The maximum absolute atomic E-state index is 5.65. The molecule has 0 atom stereocenters. The van der Waals surface area contributed by atoms with E-state index in [0.29, 0.717) is 5.82 Å². The van der Waals surface area contributed by atoms with E-state index in [1.807, 2.05) is 23.7 Å². The number of nitrogens with zero attached hydrogens (tertiary/aromatic N) is 2. The Morgan fingerprint density at radius 2 is 2.00 bits per heavy atom. The van der Waals surface area contributed by atoms with Crippen molar-refractivity contribution in [2.75, 3.05) is 5.73 Å². The van der Waals surface area contributed by atoms with Gasteiger partial charge in [-0.3, -0.25) is 0 Å². The second kappa shape index (κ2) is 3.70. The molecule has 0 fully saturated rings. The van der Waals surface area contributed by atoms with Crippen molar-refractivity contribution in [3.8, 4) is 5.69 Å². The van der Waals surface area contributed by atoms with Crippen LogP contribution in [0.5, 0.6) is 0 Å². The summed E-state index contributed by atoms with van der Waals surface area (Å²) in [4.78, 5) is 0. The van der Waals surface area contributed by atoms with Gasteiger partial charge < -0.3 is 5.73 Å². The second-order valence-corrected chi connectivity index (χ2v) is 4.43. The minimum atomic E-state index is 0.542. The van der Waals surface area contributed by atoms with E-state index in [-0.39, 0.29) is 0 Å². The van der Waals surface area contributed by atoms with Gasteiger partial charge in [-0.15, -0.1) is 0 Å². The molecular formula is C11H12BrN3. The van der Waals surface area contributed by atoms with Gasteiger partial charge in [0, 0.05) is 16.2 Å². The molecule has 15 heavy (non-hydrogen) atoms. The Kier molecular flexibility index (Phi) is 2.52. The van der Waals surface area contributed by atoms with Gasteiger partial charge in [-0.05, 0) is 47.5 Å². The molecule has 0 bridgehead atoms. The molecule has 0 aliphatic heterocycles. The standard InChI is InChI=1S/C11H12BrN3/c1-7-3-4-10(9(12)5-7)15-8(2)6-11(13)14-15/h3-6H,1-2H3,(H2,13,14). The highest BCUT2D eigenvalue weighted by molar-refractivity contribution is 9.10. The van der Waals surface area contributed by atoms with Gasteiger partial charge in [0.15, 0.2) is 0 Å². The quantitative estimate of drug-likeness (QED) is 0.862. The number of nitrogens with two attached hydrogens (primary N) is 1. The first-order chi connectivity index (χ1) is 7.08.